The van der Waals surface area contributed by atoms with Crippen LogP contribution in [0, 0.1) is 0 Å². The van der Waals surface area contributed by atoms with E-state index >= 15 is 0 Å². The molecule has 1 unspecified atom stereocenters. The lowest BCUT2D eigenvalue weighted by Crippen LogP contribution is -2.26. The molecule has 78 valence electrons. The topological polar surface area (TPSA) is 55.5 Å². The number of benzene rings is 1. The number of ether oxygens (including phenoxy) is 1. The van der Waals surface area contributed by atoms with Crippen molar-refractivity contribution in [1.29, 1.82) is 0 Å². The van der Waals surface area contributed by atoms with E-state index in [0.717, 1.165) is 10.2 Å². The number of nitrogens with two attached hydrogens (primary N) is 1. The molecule has 0 aliphatic carbocycles. The molecule has 0 fully saturated rings. The van der Waals surface area contributed by atoms with Crippen molar-refractivity contribution in [3.63, 3.8) is 0 Å². The van der Waals surface area contributed by atoms with Crippen molar-refractivity contribution >= 4 is 15.9 Å². The van der Waals surface area contributed by atoms with E-state index in [1.807, 2.05) is 24.3 Å². The molecule has 0 saturated carbocycles. The first-order chi connectivity index (χ1) is 6.72. The second-order valence-corrected chi connectivity index (χ2v) is 3.95. The van der Waals surface area contributed by atoms with E-state index in [4.69, 9.17) is 15.6 Å². The van der Waals surface area contributed by atoms with Crippen LogP contribution < -0.4 is 10.5 Å². The van der Waals surface area contributed by atoms with Gasteiger partial charge in [-0.15, -0.1) is 0 Å². The second kappa shape index (κ2) is 6.01. The van der Waals surface area contributed by atoms with E-state index in [-0.39, 0.29) is 12.6 Å². The number of halogens is 1. The van der Waals surface area contributed by atoms with Crippen LogP contribution in [0.4, 0.5) is 0 Å². The zero-order chi connectivity index (χ0) is 10.4. The molecule has 0 aliphatic rings. The minimum absolute atomic E-state index is 0.00367. The van der Waals surface area contributed by atoms with Crippen molar-refractivity contribution in [2.75, 3.05) is 13.2 Å². The van der Waals surface area contributed by atoms with Crippen LogP contribution in [0.15, 0.2) is 28.7 Å². The summed E-state index contributed by atoms with van der Waals surface area (Å²) < 4.78 is 6.45. The average molecular weight is 260 g/mol. The van der Waals surface area contributed by atoms with Crippen molar-refractivity contribution < 1.29 is 9.84 Å². The Kier molecular flexibility index (Phi) is 4.93. The zero-order valence-corrected chi connectivity index (χ0v) is 9.40. The summed E-state index contributed by atoms with van der Waals surface area (Å²) in [5, 5.41) is 8.68. The van der Waals surface area contributed by atoms with Gasteiger partial charge in [-0.05, 0) is 30.7 Å². The van der Waals surface area contributed by atoms with E-state index in [9.17, 15) is 0 Å². The molecule has 1 aromatic rings. The highest BCUT2D eigenvalue weighted by molar-refractivity contribution is 9.10. The highest BCUT2D eigenvalue weighted by Gasteiger charge is 2.00. The van der Waals surface area contributed by atoms with Crippen LogP contribution in [0.25, 0.3) is 0 Å². The van der Waals surface area contributed by atoms with Gasteiger partial charge in [0, 0.05) is 10.5 Å². The first kappa shape index (κ1) is 11.5. The Labute approximate surface area is 92.0 Å². The molecule has 14 heavy (non-hydrogen) atoms. The average Bonchev–Trinajstić information content (AvgIpc) is 2.21. The van der Waals surface area contributed by atoms with E-state index in [1.54, 1.807) is 0 Å². The molecule has 0 bridgehead atoms. The molecule has 0 saturated heterocycles. The van der Waals surface area contributed by atoms with Gasteiger partial charge in [0.25, 0.3) is 0 Å². The fourth-order valence-corrected chi connectivity index (χ4v) is 1.21. The monoisotopic (exact) mass is 259 g/mol. The molecular weight excluding hydrogens is 246 g/mol. The smallest absolute Gasteiger partial charge is 0.119 e. The van der Waals surface area contributed by atoms with Gasteiger partial charge in [0.05, 0.1) is 13.2 Å². The van der Waals surface area contributed by atoms with E-state index < -0.39 is 0 Å². The molecule has 0 spiro atoms. The summed E-state index contributed by atoms with van der Waals surface area (Å²) in [5.74, 6) is 0.818. The molecule has 0 radical (unpaired) electrons. The molecule has 1 aromatic carbocycles. The van der Waals surface area contributed by atoms with Gasteiger partial charge in [0.2, 0.25) is 0 Å². The van der Waals surface area contributed by atoms with Gasteiger partial charge in [-0.2, -0.15) is 0 Å². The molecule has 0 amide bonds. The SMILES string of the molecule is NC(CO)CCOc1ccc(Br)cc1. The Hall–Kier alpha value is -0.580. The summed E-state index contributed by atoms with van der Waals surface area (Å²) in [6.45, 7) is 0.535. The first-order valence-corrected chi connectivity index (χ1v) is 5.26. The van der Waals surface area contributed by atoms with E-state index in [2.05, 4.69) is 15.9 Å². The van der Waals surface area contributed by atoms with E-state index in [0.29, 0.717) is 13.0 Å². The van der Waals surface area contributed by atoms with Crippen molar-refractivity contribution in [3.05, 3.63) is 28.7 Å². The van der Waals surface area contributed by atoms with Crippen molar-refractivity contribution in [3.8, 4) is 5.75 Å². The summed E-state index contributed by atoms with van der Waals surface area (Å²) in [7, 11) is 0. The number of aliphatic hydroxyl groups is 1. The standard InChI is InChI=1S/C10H14BrNO2/c11-8-1-3-10(4-2-8)14-6-5-9(12)7-13/h1-4,9,13H,5-7,12H2. The third-order valence-corrected chi connectivity index (χ3v) is 2.33. The Morgan fingerprint density at radius 2 is 2.00 bits per heavy atom. The summed E-state index contributed by atoms with van der Waals surface area (Å²) in [6.07, 6.45) is 0.659. The number of rotatable bonds is 5. The molecule has 1 atom stereocenters. The van der Waals surface area contributed by atoms with Crippen LogP contribution >= 0.6 is 15.9 Å². The maximum absolute atomic E-state index is 8.68. The van der Waals surface area contributed by atoms with Crippen molar-refractivity contribution in [2.24, 2.45) is 5.73 Å². The number of aliphatic hydroxyl groups excluding tert-OH is 1. The Morgan fingerprint density at radius 3 is 2.57 bits per heavy atom. The van der Waals surface area contributed by atoms with Gasteiger partial charge < -0.3 is 15.6 Å². The Morgan fingerprint density at radius 1 is 1.36 bits per heavy atom. The lowest BCUT2D eigenvalue weighted by molar-refractivity contribution is 0.230. The maximum atomic E-state index is 8.68. The minimum atomic E-state index is -0.189. The summed E-state index contributed by atoms with van der Waals surface area (Å²) >= 11 is 3.34. The normalized spacial score (nSPS) is 12.5. The van der Waals surface area contributed by atoms with Crippen LogP contribution in [-0.2, 0) is 0 Å². The third-order valence-electron chi connectivity index (χ3n) is 1.81. The van der Waals surface area contributed by atoms with Crippen LogP contribution in [-0.4, -0.2) is 24.4 Å². The summed E-state index contributed by atoms with van der Waals surface area (Å²) in [5.41, 5.74) is 5.52. The molecule has 4 heteroatoms. The Bertz CT molecular complexity index is 263. The van der Waals surface area contributed by atoms with Crippen LogP contribution in [0.1, 0.15) is 6.42 Å². The molecule has 3 N–H and O–H groups in total. The minimum Gasteiger partial charge on any atom is -0.494 e. The molecule has 1 rings (SSSR count). The second-order valence-electron chi connectivity index (χ2n) is 3.03. The van der Waals surface area contributed by atoms with Gasteiger partial charge in [-0.25, -0.2) is 0 Å². The zero-order valence-electron chi connectivity index (χ0n) is 7.82. The Balaban J connectivity index is 2.28. The molecule has 3 nitrogen and oxygen atoms in total. The highest BCUT2D eigenvalue weighted by Crippen LogP contribution is 2.16. The van der Waals surface area contributed by atoms with E-state index in [1.165, 1.54) is 0 Å². The van der Waals surface area contributed by atoms with Gasteiger partial charge >= 0.3 is 0 Å². The van der Waals surface area contributed by atoms with Gasteiger partial charge in [0.1, 0.15) is 5.75 Å². The fraction of sp³-hybridized carbons (Fsp3) is 0.400. The predicted molar refractivity (Wildman–Crippen MR) is 59.3 cm³/mol. The number of hydrogen-bond acceptors (Lipinski definition) is 3. The van der Waals surface area contributed by atoms with Crippen molar-refractivity contribution in [1.82, 2.24) is 0 Å². The summed E-state index contributed by atoms with van der Waals surface area (Å²) in [6, 6.07) is 7.41. The largest absolute Gasteiger partial charge is 0.494 e. The van der Waals surface area contributed by atoms with Crippen LogP contribution in [0.3, 0.4) is 0 Å². The third kappa shape index (κ3) is 4.09. The van der Waals surface area contributed by atoms with Gasteiger partial charge in [-0.1, -0.05) is 15.9 Å². The lowest BCUT2D eigenvalue weighted by Gasteiger charge is -2.09. The summed E-state index contributed by atoms with van der Waals surface area (Å²) in [4.78, 5) is 0. The van der Waals surface area contributed by atoms with Gasteiger partial charge in [0.15, 0.2) is 0 Å². The van der Waals surface area contributed by atoms with Crippen molar-refractivity contribution in [2.45, 2.75) is 12.5 Å². The molecular formula is C10H14BrNO2. The lowest BCUT2D eigenvalue weighted by atomic mass is 10.2. The fourth-order valence-electron chi connectivity index (χ4n) is 0.950. The molecule has 0 heterocycles. The quantitative estimate of drug-likeness (QED) is 0.844. The molecule has 0 aromatic heterocycles. The van der Waals surface area contributed by atoms with Gasteiger partial charge in [-0.3, -0.25) is 0 Å². The molecule has 0 aliphatic heterocycles. The maximum Gasteiger partial charge on any atom is 0.119 e. The number of hydrogen-bond donors (Lipinski definition) is 2. The highest BCUT2D eigenvalue weighted by atomic mass is 79.9. The predicted octanol–water partition coefficient (Wildman–Crippen LogP) is 1.54. The van der Waals surface area contributed by atoms with Crippen LogP contribution in [0.5, 0.6) is 5.75 Å². The van der Waals surface area contributed by atoms with Crippen LogP contribution in [0.2, 0.25) is 0 Å². The first-order valence-electron chi connectivity index (χ1n) is 4.47.